The van der Waals surface area contributed by atoms with Crippen LogP contribution in [0.15, 0.2) is 29.9 Å². The maximum absolute atomic E-state index is 15.1. The van der Waals surface area contributed by atoms with E-state index in [2.05, 4.69) is 0 Å². The van der Waals surface area contributed by atoms with E-state index in [1.807, 2.05) is 0 Å². The predicted molar refractivity (Wildman–Crippen MR) is 159 cm³/mol. The first-order valence-corrected chi connectivity index (χ1v) is 15.0. The fourth-order valence-corrected chi connectivity index (χ4v) is 8.14. The largest absolute Gasteiger partial charge is 0.502 e. The number of imide groups is 4. The number of likely N-dealkylation sites (tertiary alicyclic amines) is 1. The first kappa shape index (κ1) is 34.2. The Labute approximate surface area is 282 Å². The highest BCUT2D eigenvalue weighted by Crippen LogP contribution is 2.64. The van der Waals surface area contributed by atoms with Crippen LogP contribution >= 0.6 is 23.2 Å². The molecule has 11 nitrogen and oxygen atoms in total. The number of nitrogens with two attached hydrogens (primary N) is 1. The van der Waals surface area contributed by atoms with Crippen molar-refractivity contribution in [2.24, 2.45) is 29.4 Å². The van der Waals surface area contributed by atoms with Crippen molar-refractivity contribution in [3.63, 3.8) is 0 Å². The summed E-state index contributed by atoms with van der Waals surface area (Å²) in [4.78, 5) is 61.3. The number of phenolic OH excluding ortho intramolecular Hbond substituents is 1. The molecule has 6 rings (SSSR count). The van der Waals surface area contributed by atoms with Gasteiger partial charge in [-0.1, -0.05) is 23.8 Å². The number of alkyl halides is 2. The average Bonchev–Trinajstić information content (AvgIpc) is 3.41. The summed E-state index contributed by atoms with van der Waals surface area (Å²) in [7, 11) is 2.50. The number of rotatable bonds is 5. The Kier molecular flexibility index (Phi) is 7.98. The van der Waals surface area contributed by atoms with Gasteiger partial charge in [0.2, 0.25) is 23.4 Å². The summed E-state index contributed by atoms with van der Waals surface area (Å²) in [6.07, 6.45) is 3.07. The summed E-state index contributed by atoms with van der Waals surface area (Å²) >= 11 is 14.0. The molecule has 6 unspecified atom stereocenters. The molecule has 3 N–H and O–H groups in total. The zero-order valence-corrected chi connectivity index (χ0v) is 26.5. The normalized spacial score (nSPS) is 29.3. The number of anilines is 1. The molecule has 1 saturated carbocycles. The molecule has 18 heteroatoms. The molecule has 2 aromatic carbocycles. The van der Waals surface area contributed by atoms with Crippen LogP contribution in [0, 0.1) is 52.8 Å². The van der Waals surface area contributed by atoms with E-state index < -0.39 is 104 Å². The van der Waals surface area contributed by atoms with Gasteiger partial charge in [0.05, 0.1) is 26.1 Å². The average molecular weight is 730 g/mol. The lowest BCUT2D eigenvalue weighted by atomic mass is 9.57. The predicted octanol–water partition coefficient (Wildman–Crippen LogP) is 4.29. The van der Waals surface area contributed by atoms with Gasteiger partial charge in [0.15, 0.2) is 44.5 Å². The summed E-state index contributed by atoms with van der Waals surface area (Å²) in [5, 5.41) is 10.3. The van der Waals surface area contributed by atoms with Gasteiger partial charge >= 0.3 is 6.03 Å². The minimum atomic E-state index is -2.74. The number of aromatic hydroxyl groups is 1. The van der Waals surface area contributed by atoms with Crippen molar-refractivity contribution < 1.29 is 60.5 Å². The second-order valence-corrected chi connectivity index (χ2v) is 13.0. The number of hydrogen-bond acceptors (Lipinski definition) is 8. The number of methoxy groups -OCH3 is 2. The molecule has 0 aromatic heterocycles. The molecular formula is C31H22Cl2F5N3O8. The van der Waals surface area contributed by atoms with E-state index in [-0.39, 0.29) is 44.6 Å². The molecule has 49 heavy (non-hydrogen) atoms. The second-order valence-electron chi connectivity index (χ2n) is 11.7. The quantitative estimate of drug-likeness (QED) is 0.115. The molecule has 2 aliphatic heterocycles. The first-order chi connectivity index (χ1) is 23.0. The Morgan fingerprint density at radius 1 is 0.918 bits per heavy atom. The fourth-order valence-electron chi connectivity index (χ4n) is 7.25. The van der Waals surface area contributed by atoms with Crippen LogP contribution in [0.2, 0.25) is 0 Å². The van der Waals surface area contributed by atoms with Crippen molar-refractivity contribution in [3.8, 4) is 17.2 Å². The Hall–Kier alpha value is -4.70. The van der Waals surface area contributed by atoms with Crippen molar-refractivity contribution in [2.45, 2.75) is 22.6 Å². The third-order valence-electron chi connectivity index (χ3n) is 9.48. The van der Waals surface area contributed by atoms with E-state index in [1.54, 1.807) is 0 Å². The molecule has 3 fully saturated rings. The van der Waals surface area contributed by atoms with Gasteiger partial charge in [-0.25, -0.2) is 31.6 Å². The van der Waals surface area contributed by atoms with Crippen LogP contribution in [-0.2, 0) is 19.2 Å². The smallest absolute Gasteiger partial charge is 0.328 e. The van der Waals surface area contributed by atoms with Gasteiger partial charge in [-0.15, -0.1) is 23.2 Å². The number of ether oxygens (including phenoxy) is 2. The highest BCUT2D eigenvalue weighted by molar-refractivity contribution is 6.58. The van der Waals surface area contributed by atoms with Crippen LogP contribution in [0.5, 0.6) is 17.2 Å². The Morgan fingerprint density at radius 2 is 1.47 bits per heavy atom. The molecule has 2 aromatic rings. The standard InChI is InChI=1S/C31H22Cl2F5N3O8/c1-48-15-7-10(8-16(49-2)24(15)42)3-6-14-11-4-5-12-17(26(44)41(25(12)43)29(39)47)13(11)9-30(32)27(45)40(28(46)31(14,30)33)23-21(37)19(35)18(34)20(36)22(23)38/h3-4,6-8,12-14,17,42H,5,9H2,1-2H3,(H2,39,47). The molecule has 0 bridgehead atoms. The molecule has 2 saturated heterocycles. The molecule has 0 radical (unpaired) electrons. The van der Waals surface area contributed by atoms with Crippen LogP contribution in [0.3, 0.4) is 0 Å². The van der Waals surface area contributed by atoms with Gasteiger partial charge in [0.25, 0.3) is 11.8 Å². The van der Waals surface area contributed by atoms with E-state index in [0.29, 0.717) is 0 Å². The number of hydrogen-bond donors (Lipinski definition) is 2. The summed E-state index contributed by atoms with van der Waals surface area (Å²) in [6, 6.07) is 1.30. The van der Waals surface area contributed by atoms with E-state index in [9.17, 15) is 42.3 Å². The lowest BCUT2D eigenvalue weighted by Gasteiger charge is -2.49. The van der Waals surface area contributed by atoms with Crippen molar-refractivity contribution in [1.29, 1.82) is 0 Å². The maximum atomic E-state index is 15.1. The number of urea groups is 1. The summed E-state index contributed by atoms with van der Waals surface area (Å²) < 4.78 is 83.1. The third kappa shape index (κ3) is 4.42. The Bertz CT molecular complexity index is 1920. The minimum Gasteiger partial charge on any atom is -0.502 e. The highest BCUT2D eigenvalue weighted by Gasteiger charge is 2.76. The number of allylic oxidation sites excluding steroid dienone is 3. The van der Waals surface area contributed by atoms with E-state index in [1.165, 1.54) is 44.6 Å². The summed E-state index contributed by atoms with van der Waals surface area (Å²) in [6.45, 7) is 0. The third-order valence-corrected chi connectivity index (χ3v) is 10.9. The van der Waals surface area contributed by atoms with Gasteiger partial charge in [0, 0.05) is 5.92 Å². The number of primary amides is 1. The van der Waals surface area contributed by atoms with E-state index >= 15 is 8.78 Å². The molecule has 0 spiro atoms. The number of amides is 6. The van der Waals surface area contributed by atoms with Gasteiger partial charge in [0.1, 0.15) is 5.69 Å². The number of fused-ring (bicyclic) bond motifs is 4. The Morgan fingerprint density at radius 3 is 2.00 bits per heavy atom. The number of halogens is 7. The monoisotopic (exact) mass is 729 g/mol. The maximum Gasteiger partial charge on any atom is 0.328 e. The van der Waals surface area contributed by atoms with Crippen LogP contribution < -0.4 is 20.1 Å². The van der Waals surface area contributed by atoms with Gasteiger partial charge < -0.3 is 20.3 Å². The SMILES string of the molecule is COc1cc(C=CC2C3=CCC4C(=O)N(C(N)=O)C(=O)C4C3CC3(Cl)C(=O)N(c4c(F)c(F)c(F)c(F)c4F)C(=O)C23Cl)cc(OC)c1O. The van der Waals surface area contributed by atoms with Crippen LogP contribution in [0.25, 0.3) is 6.08 Å². The first-order valence-electron chi connectivity index (χ1n) is 14.3. The van der Waals surface area contributed by atoms with E-state index in [4.69, 9.17) is 38.4 Å². The number of benzene rings is 2. The van der Waals surface area contributed by atoms with E-state index in [0.717, 1.165) is 0 Å². The van der Waals surface area contributed by atoms with Crippen LogP contribution in [-0.4, -0.2) is 63.6 Å². The molecule has 6 atom stereocenters. The zero-order chi connectivity index (χ0) is 36.1. The fraction of sp³-hybridized carbons (Fsp3) is 0.323. The zero-order valence-electron chi connectivity index (χ0n) is 25.0. The lowest BCUT2D eigenvalue weighted by molar-refractivity contribution is -0.136. The number of carbonyl (C=O) groups excluding carboxylic acids is 5. The lowest BCUT2D eigenvalue weighted by Crippen LogP contribution is -2.60. The topological polar surface area (TPSA) is 157 Å². The molecule has 4 aliphatic rings. The Balaban J connectivity index is 1.57. The number of carbonyl (C=O) groups is 5. The van der Waals surface area contributed by atoms with Crippen molar-refractivity contribution in [3.05, 3.63) is 64.5 Å². The van der Waals surface area contributed by atoms with Crippen molar-refractivity contribution >= 4 is 64.6 Å². The molecule has 6 amide bonds. The number of nitrogens with zero attached hydrogens (tertiary/aromatic N) is 2. The minimum absolute atomic E-state index is 0.0567. The van der Waals surface area contributed by atoms with Gasteiger partial charge in [-0.3, -0.25) is 19.2 Å². The van der Waals surface area contributed by atoms with Crippen molar-refractivity contribution in [1.82, 2.24) is 4.90 Å². The highest BCUT2D eigenvalue weighted by atomic mass is 35.5. The number of phenols is 1. The molecule has 2 aliphatic carbocycles. The van der Waals surface area contributed by atoms with Crippen molar-refractivity contribution in [2.75, 3.05) is 19.1 Å². The summed E-state index contributed by atoms with van der Waals surface area (Å²) in [5.41, 5.74) is 3.75. The second kappa shape index (κ2) is 11.4. The molecule has 258 valence electrons. The van der Waals surface area contributed by atoms with Gasteiger partial charge in [-0.05, 0) is 36.5 Å². The molecular weight excluding hydrogens is 708 g/mol. The van der Waals surface area contributed by atoms with Gasteiger partial charge in [-0.2, -0.15) is 4.90 Å². The molecule has 2 heterocycles. The summed E-state index contributed by atoms with van der Waals surface area (Å²) in [5.74, 6) is -23.6. The van der Waals surface area contributed by atoms with Crippen LogP contribution in [0.4, 0.5) is 32.4 Å². The van der Waals surface area contributed by atoms with Crippen LogP contribution in [0.1, 0.15) is 18.4 Å².